The number of aromatic amines is 1. The summed E-state index contributed by atoms with van der Waals surface area (Å²) in [6, 6.07) is 0.234. The molecule has 4 N–H and O–H groups in total. The quantitative estimate of drug-likeness (QED) is 0.786. The lowest BCUT2D eigenvalue weighted by Gasteiger charge is -2.39. The molecule has 0 aromatic carbocycles. The summed E-state index contributed by atoms with van der Waals surface area (Å²) in [6.07, 6.45) is 5.60. The van der Waals surface area contributed by atoms with E-state index in [-0.39, 0.29) is 23.7 Å². The Bertz CT molecular complexity index is 460. The molecule has 6 heteroatoms. The molecule has 1 aliphatic carbocycles. The Balaban J connectivity index is 1.84. The van der Waals surface area contributed by atoms with Crippen molar-refractivity contribution in [2.24, 2.45) is 11.3 Å². The Labute approximate surface area is 119 Å². The maximum absolute atomic E-state index is 12.0. The molecule has 0 unspecified atom stereocenters. The molecule has 0 bridgehead atoms. The summed E-state index contributed by atoms with van der Waals surface area (Å²) in [5.41, 5.74) is 5.79. The van der Waals surface area contributed by atoms with E-state index in [1.165, 1.54) is 19.3 Å². The molecule has 2 rings (SSSR count). The Hall–Kier alpha value is -1.59. The second-order valence-corrected chi connectivity index (χ2v) is 6.41. The van der Waals surface area contributed by atoms with Crippen LogP contribution in [-0.2, 0) is 0 Å². The summed E-state index contributed by atoms with van der Waals surface area (Å²) in [5, 5.41) is 9.22. The molecule has 112 valence electrons. The van der Waals surface area contributed by atoms with Gasteiger partial charge in [-0.25, -0.2) is 0 Å². The van der Waals surface area contributed by atoms with Crippen LogP contribution in [-0.4, -0.2) is 27.1 Å². The van der Waals surface area contributed by atoms with E-state index in [1.807, 2.05) is 0 Å². The highest BCUT2D eigenvalue weighted by Gasteiger charge is 2.32. The predicted molar refractivity (Wildman–Crippen MR) is 78.1 cm³/mol. The molecule has 1 aliphatic rings. The number of anilines is 1. The van der Waals surface area contributed by atoms with E-state index in [0.29, 0.717) is 5.41 Å². The first-order valence-electron chi connectivity index (χ1n) is 7.41. The van der Waals surface area contributed by atoms with Gasteiger partial charge >= 0.3 is 0 Å². The van der Waals surface area contributed by atoms with E-state index in [2.05, 4.69) is 41.3 Å². The zero-order chi connectivity index (χ0) is 14.8. The van der Waals surface area contributed by atoms with Gasteiger partial charge in [-0.3, -0.25) is 9.89 Å². The molecule has 1 amide bonds. The summed E-state index contributed by atoms with van der Waals surface area (Å²) in [6.45, 7) is 6.93. The number of hydrogen-bond donors (Lipinski definition) is 3. The number of H-pyrrole nitrogens is 1. The first-order chi connectivity index (χ1) is 9.42. The summed E-state index contributed by atoms with van der Waals surface area (Å²) in [4.78, 5) is 15.8. The van der Waals surface area contributed by atoms with Gasteiger partial charge in [-0.15, -0.1) is 5.10 Å². The average Bonchev–Trinajstić information content (AvgIpc) is 2.86. The van der Waals surface area contributed by atoms with Crippen LogP contribution in [0.4, 0.5) is 5.95 Å². The van der Waals surface area contributed by atoms with Crippen molar-refractivity contribution in [1.29, 1.82) is 0 Å². The number of nitrogens with zero attached hydrogens (tertiary/aromatic N) is 2. The van der Waals surface area contributed by atoms with Crippen LogP contribution < -0.4 is 11.1 Å². The maximum atomic E-state index is 12.0. The lowest BCUT2D eigenvalue weighted by Crippen LogP contribution is -2.40. The minimum absolute atomic E-state index is 0.101. The van der Waals surface area contributed by atoms with Crippen molar-refractivity contribution < 1.29 is 4.79 Å². The van der Waals surface area contributed by atoms with E-state index < -0.39 is 0 Å². The van der Waals surface area contributed by atoms with Crippen LogP contribution in [0, 0.1) is 11.3 Å². The first kappa shape index (κ1) is 14.8. The molecule has 20 heavy (non-hydrogen) atoms. The van der Waals surface area contributed by atoms with E-state index in [1.54, 1.807) is 0 Å². The standard InChI is InChI=1S/C14H25N5O/c1-4-14(2,3)9-5-7-10(8-6-9)16-12(20)11-17-13(15)19-18-11/h9-10H,4-8H2,1-3H3,(H,16,20)(H3,15,17,18,19). The third-order valence-electron chi connectivity index (χ3n) is 4.80. The van der Waals surface area contributed by atoms with Crippen molar-refractivity contribution in [2.45, 2.75) is 58.9 Å². The number of hydrogen-bond acceptors (Lipinski definition) is 4. The van der Waals surface area contributed by atoms with Crippen LogP contribution in [0.1, 0.15) is 63.5 Å². The second-order valence-electron chi connectivity index (χ2n) is 6.41. The Morgan fingerprint density at radius 1 is 1.40 bits per heavy atom. The third kappa shape index (κ3) is 3.29. The average molecular weight is 279 g/mol. The Morgan fingerprint density at radius 2 is 2.05 bits per heavy atom. The Morgan fingerprint density at radius 3 is 2.55 bits per heavy atom. The molecule has 1 fully saturated rings. The van der Waals surface area contributed by atoms with Gasteiger partial charge in [-0.1, -0.05) is 27.2 Å². The normalized spacial score (nSPS) is 23.6. The molecular formula is C14H25N5O. The zero-order valence-electron chi connectivity index (χ0n) is 12.6. The van der Waals surface area contributed by atoms with Crippen molar-refractivity contribution in [3.8, 4) is 0 Å². The van der Waals surface area contributed by atoms with Gasteiger partial charge in [0.15, 0.2) is 0 Å². The summed E-state index contributed by atoms with van der Waals surface area (Å²) < 4.78 is 0. The maximum Gasteiger partial charge on any atom is 0.288 e. The molecule has 1 aromatic rings. The molecule has 1 heterocycles. The van der Waals surface area contributed by atoms with Crippen LogP contribution >= 0.6 is 0 Å². The van der Waals surface area contributed by atoms with Gasteiger partial charge in [-0.05, 0) is 37.0 Å². The summed E-state index contributed by atoms with van der Waals surface area (Å²) in [7, 11) is 0. The molecule has 6 nitrogen and oxygen atoms in total. The van der Waals surface area contributed by atoms with E-state index in [4.69, 9.17) is 5.73 Å². The predicted octanol–water partition coefficient (Wildman–Crippen LogP) is 2.11. The smallest absolute Gasteiger partial charge is 0.288 e. The number of nitrogen functional groups attached to an aromatic ring is 1. The second kappa shape index (κ2) is 5.81. The highest BCUT2D eigenvalue weighted by molar-refractivity contribution is 5.90. The summed E-state index contributed by atoms with van der Waals surface area (Å²) >= 11 is 0. The molecule has 0 spiro atoms. The third-order valence-corrected chi connectivity index (χ3v) is 4.80. The fourth-order valence-electron chi connectivity index (χ4n) is 2.94. The topological polar surface area (TPSA) is 96.7 Å². The van der Waals surface area contributed by atoms with Crippen molar-refractivity contribution in [2.75, 3.05) is 5.73 Å². The lowest BCUT2D eigenvalue weighted by atomic mass is 9.69. The molecule has 0 atom stereocenters. The Kier molecular flexibility index (Phi) is 4.30. The number of carbonyl (C=O) groups excluding carboxylic acids is 1. The van der Waals surface area contributed by atoms with Gasteiger partial charge in [0.25, 0.3) is 5.91 Å². The number of amides is 1. The van der Waals surface area contributed by atoms with Crippen LogP contribution in [0.3, 0.4) is 0 Å². The van der Waals surface area contributed by atoms with Gasteiger partial charge in [0.05, 0.1) is 0 Å². The SMILES string of the molecule is CCC(C)(C)C1CCC(NC(=O)c2nc(N)n[nH]2)CC1. The van der Waals surface area contributed by atoms with Crippen molar-refractivity contribution in [1.82, 2.24) is 20.5 Å². The molecule has 0 saturated heterocycles. The molecule has 0 radical (unpaired) electrons. The molecule has 0 aliphatic heterocycles. The first-order valence-corrected chi connectivity index (χ1v) is 7.41. The van der Waals surface area contributed by atoms with Crippen LogP contribution in [0.2, 0.25) is 0 Å². The van der Waals surface area contributed by atoms with Gasteiger partial charge in [0, 0.05) is 6.04 Å². The lowest BCUT2D eigenvalue weighted by molar-refractivity contribution is 0.0883. The van der Waals surface area contributed by atoms with Gasteiger partial charge in [-0.2, -0.15) is 4.98 Å². The molecule has 1 aromatic heterocycles. The monoisotopic (exact) mass is 279 g/mol. The number of carbonyl (C=O) groups is 1. The van der Waals surface area contributed by atoms with Crippen molar-refractivity contribution in [3.63, 3.8) is 0 Å². The van der Waals surface area contributed by atoms with Gasteiger partial charge < -0.3 is 11.1 Å². The van der Waals surface area contributed by atoms with Crippen LogP contribution in [0.15, 0.2) is 0 Å². The fourth-order valence-corrected chi connectivity index (χ4v) is 2.94. The molecule has 1 saturated carbocycles. The summed E-state index contributed by atoms with van der Waals surface area (Å²) in [5.74, 6) is 0.830. The minimum atomic E-state index is -0.215. The fraction of sp³-hybridized carbons (Fsp3) is 0.786. The number of aromatic nitrogens is 3. The van der Waals surface area contributed by atoms with E-state index >= 15 is 0 Å². The van der Waals surface area contributed by atoms with Crippen LogP contribution in [0.5, 0.6) is 0 Å². The zero-order valence-corrected chi connectivity index (χ0v) is 12.6. The van der Waals surface area contributed by atoms with Gasteiger partial charge in [0.2, 0.25) is 11.8 Å². The molecular weight excluding hydrogens is 254 g/mol. The number of nitrogens with one attached hydrogen (secondary N) is 2. The van der Waals surface area contributed by atoms with Crippen LogP contribution in [0.25, 0.3) is 0 Å². The van der Waals surface area contributed by atoms with E-state index in [0.717, 1.165) is 18.8 Å². The highest BCUT2D eigenvalue weighted by atomic mass is 16.2. The number of rotatable bonds is 4. The van der Waals surface area contributed by atoms with Crippen molar-refractivity contribution in [3.05, 3.63) is 5.82 Å². The van der Waals surface area contributed by atoms with Crippen molar-refractivity contribution >= 4 is 11.9 Å². The highest BCUT2D eigenvalue weighted by Crippen LogP contribution is 2.40. The van der Waals surface area contributed by atoms with Gasteiger partial charge in [0.1, 0.15) is 0 Å². The largest absolute Gasteiger partial charge is 0.366 e. The minimum Gasteiger partial charge on any atom is -0.366 e. The van der Waals surface area contributed by atoms with E-state index in [9.17, 15) is 4.79 Å². The number of nitrogens with two attached hydrogens (primary N) is 1.